The van der Waals surface area contributed by atoms with Gasteiger partial charge in [0.1, 0.15) is 5.78 Å². The summed E-state index contributed by atoms with van der Waals surface area (Å²) in [5.41, 5.74) is 2.47. The summed E-state index contributed by atoms with van der Waals surface area (Å²) in [6, 6.07) is 0. The van der Waals surface area contributed by atoms with Crippen LogP contribution in [-0.2, 0) is 4.79 Å². The Morgan fingerprint density at radius 2 is 2.00 bits per heavy atom. The predicted octanol–water partition coefficient (Wildman–Crippen LogP) is 4.63. The molecule has 0 aliphatic heterocycles. The van der Waals surface area contributed by atoms with Gasteiger partial charge in [-0.2, -0.15) is 0 Å². The molecule has 1 nitrogen and oxygen atoms in total. The van der Waals surface area contributed by atoms with Crippen LogP contribution in [0.15, 0.2) is 47.6 Å². The fraction of sp³-hybridized carbons (Fsp3) is 0.438. The Morgan fingerprint density at radius 1 is 1.35 bits per heavy atom. The zero-order valence-electron chi connectivity index (χ0n) is 11.7. The maximum Gasteiger partial charge on any atom is 0.136 e. The van der Waals surface area contributed by atoms with Crippen LogP contribution in [0.25, 0.3) is 0 Å². The molecule has 0 saturated carbocycles. The van der Waals surface area contributed by atoms with Gasteiger partial charge in [0, 0.05) is 5.92 Å². The van der Waals surface area contributed by atoms with Crippen LogP contribution in [0.1, 0.15) is 41.0 Å². The van der Waals surface area contributed by atoms with Crippen LogP contribution in [0.5, 0.6) is 0 Å². The van der Waals surface area contributed by atoms with Gasteiger partial charge >= 0.3 is 0 Å². The quantitative estimate of drug-likeness (QED) is 0.648. The Bertz CT molecular complexity index is 354. The van der Waals surface area contributed by atoms with E-state index in [9.17, 15) is 4.79 Å². The Kier molecular flexibility index (Phi) is 8.04. The topological polar surface area (TPSA) is 17.1 Å². The Morgan fingerprint density at radius 3 is 2.41 bits per heavy atom. The van der Waals surface area contributed by atoms with Crippen molar-refractivity contribution in [1.82, 2.24) is 0 Å². The fourth-order valence-electron chi connectivity index (χ4n) is 1.55. The number of allylic oxidation sites excluding steroid dienone is 8. The van der Waals surface area contributed by atoms with Crippen molar-refractivity contribution < 1.29 is 4.79 Å². The highest BCUT2D eigenvalue weighted by atomic mass is 16.1. The van der Waals surface area contributed by atoms with E-state index in [-0.39, 0.29) is 11.7 Å². The molecule has 0 aromatic rings. The summed E-state index contributed by atoms with van der Waals surface area (Å²) in [6.45, 7) is 9.74. The SMILES string of the molecule is C/C=C\C=C(/C)C1=CCC(C(C)=O)C=C1.CC. The normalized spacial score (nSPS) is 19.7. The van der Waals surface area contributed by atoms with E-state index in [2.05, 4.69) is 19.1 Å². The molecule has 1 aliphatic carbocycles. The van der Waals surface area contributed by atoms with Crippen LogP contribution in [-0.4, -0.2) is 5.78 Å². The first kappa shape index (κ1) is 15.6. The zero-order valence-corrected chi connectivity index (χ0v) is 11.7. The zero-order chi connectivity index (χ0) is 13.3. The van der Waals surface area contributed by atoms with Gasteiger partial charge < -0.3 is 0 Å². The highest BCUT2D eigenvalue weighted by Gasteiger charge is 2.12. The molecular weight excluding hydrogens is 208 g/mol. The van der Waals surface area contributed by atoms with Gasteiger partial charge in [-0.3, -0.25) is 4.79 Å². The van der Waals surface area contributed by atoms with Gasteiger partial charge in [0.05, 0.1) is 0 Å². The van der Waals surface area contributed by atoms with Crippen molar-refractivity contribution in [3.8, 4) is 0 Å². The van der Waals surface area contributed by atoms with Crippen molar-refractivity contribution in [3.05, 3.63) is 47.6 Å². The van der Waals surface area contributed by atoms with Gasteiger partial charge in [0.25, 0.3) is 0 Å². The second kappa shape index (κ2) is 8.74. The van der Waals surface area contributed by atoms with Crippen molar-refractivity contribution >= 4 is 5.78 Å². The minimum absolute atomic E-state index is 0.0864. The summed E-state index contributed by atoms with van der Waals surface area (Å²) in [5, 5.41) is 0. The third-order valence-corrected chi connectivity index (χ3v) is 2.62. The van der Waals surface area contributed by atoms with Gasteiger partial charge in [0.2, 0.25) is 0 Å². The minimum Gasteiger partial charge on any atom is -0.299 e. The molecule has 0 aromatic carbocycles. The predicted molar refractivity (Wildman–Crippen MR) is 75.9 cm³/mol. The maximum atomic E-state index is 11.1. The summed E-state index contributed by atoms with van der Waals surface area (Å²) < 4.78 is 0. The van der Waals surface area contributed by atoms with Crippen molar-refractivity contribution in [2.45, 2.75) is 41.0 Å². The Balaban J connectivity index is 0.00000121. The molecule has 0 N–H and O–H groups in total. The second-order valence-corrected chi connectivity index (χ2v) is 3.85. The van der Waals surface area contributed by atoms with Crippen LogP contribution in [0, 0.1) is 5.92 Å². The van der Waals surface area contributed by atoms with E-state index < -0.39 is 0 Å². The van der Waals surface area contributed by atoms with Crippen LogP contribution in [0.2, 0.25) is 0 Å². The lowest BCUT2D eigenvalue weighted by molar-refractivity contribution is -0.119. The van der Waals surface area contributed by atoms with Crippen molar-refractivity contribution in [1.29, 1.82) is 0 Å². The van der Waals surface area contributed by atoms with Crippen molar-refractivity contribution in [2.24, 2.45) is 5.92 Å². The van der Waals surface area contributed by atoms with Gasteiger partial charge in [-0.05, 0) is 38.3 Å². The van der Waals surface area contributed by atoms with Gasteiger partial charge in [-0.25, -0.2) is 0 Å². The van der Waals surface area contributed by atoms with Crippen LogP contribution >= 0.6 is 0 Å². The number of carbonyl (C=O) groups excluding carboxylic acids is 1. The molecule has 0 bridgehead atoms. The summed E-state index contributed by atoms with van der Waals surface area (Å²) in [7, 11) is 0. The van der Waals surface area contributed by atoms with E-state index in [0.29, 0.717) is 0 Å². The standard InChI is InChI=1S/C14H18O.C2H6/c1-4-5-6-11(2)13-7-9-14(10-8-13)12(3)15;1-2/h4-9,14H,10H2,1-3H3;1-2H3/b5-4-,11-6+;. The van der Waals surface area contributed by atoms with Gasteiger partial charge in [0.15, 0.2) is 0 Å². The smallest absolute Gasteiger partial charge is 0.136 e. The third kappa shape index (κ3) is 5.48. The number of rotatable bonds is 3. The molecule has 0 aromatic heterocycles. The molecule has 17 heavy (non-hydrogen) atoms. The highest BCUT2D eigenvalue weighted by molar-refractivity contribution is 5.80. The molecule has 94 valence electrons. The molecule has 1 unspecified atom stereocenters. The molecule has 0 heterocycles. The molecule has 0 fully saturated rings. The molecule has 1 aliphatic rings. The first-order chi connectivity index (χ1) is 8.15. The molecule has 1 rings (SSSR count). The lowest BCUT2D eigenvalue weighted by Crippen LogP contribution is -2.09. The lowest BCUT2D eigenvalue weighted by atomic mass is 9.91. The number of Topliss-reactive ketones (excluding diaryl/α,β-unsaturated/α-hetero) is 1. The summed E-state index contributed by atoms with van der Waals surface area (Å²) in [6.07, 6.45) is 13.2. The van der Waals surface area contributed by atoms with Crippen LogP contribution in [0.3, 0.4) is 0 Å². The van der Waals surface area contributed by atoms with Crippen LogP contribution in [0.4, 0.5) is 0 Å². The lowest BCUT2D eigenvalue weighted by Gasteiger charge is -2.13. The van der Waals surface area contributed by atoms with Crippen molar-refractivity contribution in [2.75, 3.05) is 0 Å². The van der Waals surface area contributed by atoms with Gasteiger partial charge in [-0.15, -0.1) is 0 Å². The molecule has 0 radical (unpaired) electrons. The highest BCUT2D eigenvalue weighted by Crippen LogP contribution is 2.21. The largest absolute Gasteiger partial charge is 0.299 e. The Hall–Kier alpha value is -1.37. The van der Waals surface area contributed by atoms with E-state index in [0.717, 1.165) is 6.42 Å². The minimum atomic E-state index is 0.0864. The second-order valence-electron chi connectivity index (χ2n) is 3.85. The monoisotopic (exact) mass is 232 g/mol. The fourth-order valence-corrected chi connectivity index (χ4v) is 1.55. The summed E-state index contributed by atoms with van der Waals surface area (Å²) >= 11 is 0. The number of hydrogen-bond acceptors (Lipinski definition) is 1. The summed E-state index contributed by atoms with van der Waals surface area (Å²) in [4.78, 5) is 11.1. The van der Waals surface area contributed by atoms with E-state index in [1.54, 1.807) is 6.92 Å². The average molecular weight is 232 g/mol. The number of ketones is 1. The maximum absolute atomic E-state index is 11.1. The number of hydrogen-bond donors (Lipinski definition) is 0. The Labute approximate surface area is 106 Å². The molecular formula is C16H24O. The molecule has 0 saturated heterocycles. The van der Waals surface area contributed by atoms with E-state index in [1.807, 2.05) is 45.1 Å². The summed E-state index contributed by atoms with van der Waals surface area (Å²) in [5.74, 6) is 0.333. The molecule has 0 spiro atoms. The van der Waals surface area contributed by atoms with E-state index in [4.69, 9.17) is 0 Å². The first-order valence-corrected chi connectivity index (χ1v) is 6.34. The van der Waals surface area contributed by atoms with Gasteiger partial charge in [-0.1, -0.05) is 50.3 Å². The number of carbonyl (C=O) groups is 1. The van der Waals surface area contributed by atoms with E-state index in [1.165, 1.54) is 11.1 Å². The first-order valence-electron chi connectivity index (χ1n) is 6.34. The van der Waals surface area contributed by atoms with E-state index >= 15 is 0 Å². The third-order valence-electron chi connectivity index (χ3n) is 2.62. The molecule has 0 amide bonds. The molecule has 1 heteroatoms. The van der Waals surface area contributed by atoms with Crippen molar-refractivity contribution in [3.63, 3.8) is 0 Å². The van der Waals surface area contributed by atoms with Crippen LogP contribution < -0.4 is 0 Å². The average Bonchev–Trinajstić information content (AvgIpc) is 2.38. The molecule has 1 atom stereocenters.